The molecule has 0 amide bonds. The van der Waals surface area contributed by atoms with Crippen molar-refractivity contribution < 1.29 is 0 Å². The van der Waals surface area contributed by atoms with E-state index >= 15 is 0 Å². The molecule has 2 nitrogen and oxygen atoms in total. The molecule has 0 aromatic rings. The zero-order valence-electron chi connectivity index (χ0n) is 6.73. The highest BCUT2D eigenvalue weighted by atomic mass is 32.1. The number of fused-ring (bicyclic) bond motifs is 2. The largest absolute Gasteiger partial charge is 0.313 e. The first-order valence-electron chi connectivity index (χ1n) is 4.28. The van der Waals surface area contributed by atoms with E-state index in [4.69, 9.17) is 6.57 Å². The average molecular weight is 178 g/mol. The molecule has 4 unspecified atom stereocenters. The van der Waals surface area contributed by atoms with E-state index in [9.17, 15) is 0 Å². The molecule has 0 radical (unpaired) electrons. The minimum Gasteiger partial charge on any atom is -0.313 e. The van der Waals surface area contributed by atoms with Gasteiger partial charge in [0.2, 0.25) is 6.04 Å². The van der Waals surface area contributed by atoms with Gasteiger partial charge in [-0.2, -0.15) is 0 Å². The van der Waals surface area contributed by atoms with E-state index in [1.165, 1.54) is 6.42 Å². The fourth-order valence-electron chi connectivity index (χ4n) is 2.60. The second-order valence-electron chi connectivity index (χ2n) is 3.71. The summed E-state index contributed by atoms with van der Waals surface area (Å²) < 4.78 is 0. The Morgan fingerprint density at radius 2 is 2.17 bits per heavy atom. The third-order valence-electron chi connectivity index (χ3n) is 3.17. The van der Waals surface area contributed by atoms with Gasteiger partial charge in [0.15, 0.2) is 0 Å². The molecule has 0 spiro atoms. The third-order valence-corrected chi connectivity index (χ3v) is 3.27. The Morgan fingerprint density at radius 1 is 1.33 bits per heavy atom. The fraction of sp³-hybridized carbons (Fsp3) is 0.778. The molecule has 2 bridgehead atoms. The van der Waals surface area contributed by atoms with Crippen molar-refractivity contribution in [3.63, 3.8) is 0 Å². The van der Waals surface area contributed by atoms with Crippen LogP contribution in [-0.4, -0.2) is 17.2 Å². The second kappa shape index (κ2) is 2.97. The Labute approximate surface area is 77.5 Å². The molecular formula is C9H10N2S. The van der Waals surface area contributed by atoms with Crippen LogP contribution in [0.1, 0.15) is 19.3 Å². The molecule has 2 aliphatic rings. The van der Waals surface area contributed by atoms with Crippen LogP contribution in [-0.2, 0) is 0 Å². The third kappa shape index (κ3) is 1.08. The predicted molar refractivity (Wildman–Crippen MR) is 50.0 cm³/mol. The standard InChI is InChI=1S/C9H10N2S/c1-10-8-3-7-2-6(8)4-9(7)11-5-12/h6-9H,2-4H2. The summed E-state index contributed by atoms with van der Waals surface area (Å²) in [6, 6.07) is 0.678. The summed E-state index contributed by atoms with van der Waals surface area (Å²) in [5.41, 5.74) is 0. The van der Waals surface area contributed by atoms with Crippen LogP contribution in [0.5, 0.6) is 0 Å². The highest BCUT2D eigenvalue weighted by molar-refractivity contribution is 7.78. The van der Waals surface area contributed by atoms with Crippen molar-refractivity contribution in [2.75, 3.05) is 0 Å². The molecule has 62 valence electrons. The van der Waals surface area contributed by atoms with Crippen LogP contribution in [0.2, 0.25) is 0 Å². The Hall–Kier alpha value is -0.710. The molecule has 0 heterocycles. The van der Waals surface area contributed by atoms with Crippen molar-refractivity contribution in [1.82, 2.24) is 0 Å². The van der Waals surface area contributed by atoms with Crippen molar-refractivity contribution >= 4 is 17.4 Å². The van der Waals surface area contributed by atoms with Gasteiger partial charge in [-0.05, 0) is 31.0 Å². The second-order valence-corrected chi connectivity index (χ2v) is 3.89. The molecule has 3 heteroatoms. The molecule has 2 rings (SSSR count). The maximum atomic E-state index is 6.98. The van der Waals surface area contributed by atoms with Crippen molar-refractivity contribution in [1.29, 1.82) is 0 Å². The van der Waals surface area contributed by atoms with Crippen LogP contribution >= 0.6 is 12.2 Å². The summed E-state index contributed by atoms with van der Waals surface area (Å²) in [7, 11) is 0. The van der Waals surface area contributed by atoms with Crippen molar-refractivity contribution in [2.24, 2.45) is 16.8 Å². The lowest BCUT2D eigenvalue weighted by molar-refractivity contribution is 0.406. The quantitative estimate of drug-likeness (QED) is 0.341. The topological polar surface area (TPSA) is 16.7 Å². The molecule has 0 aromatic heterocycles. The molecule has 2 saturated carbocycles. The molecule has 0 N–H and O–H groups in total. The van der Waals surface area contributed by atoms with Gasteiger partial charge in [-0.3, -0.25) is 0 Å². The first-order chi connectivity index (χ1) is 5.85. The average Bonchev–Trinajstić information content (AvgIpc) is 2.62. The summed E-state index contributed by atoms with van der Waals surface area (Å²) >= 11 is 4.59. The maximum absolute atomic E-state index is 6.98. The van der Waals surface area contributed by atoms with E-state index in [2.05, 4.69) is 27.2 Å². The van der Waals surface area contributed by atoms with E-state index in [1.54, 1.807) is 0 Å². The molecule has 0 saturated heterocycles. The summed E-state index contributed by atoms with van der Waals surface area (Å²) in [4.78, 5) is 7.76. The highest BCUT2D eigenvalue weighted by Gasteiger charge is 2.49. The molecular weight excluding hydrogens is 168 g/mol. The monoisotopic (exact) mass is 178 g/mol. The Morgan fingerprint density at radius 3 is 2.67 bits per heavy atom. The predicted octanol–water partition coefficient (Wildman–Crippen LogP) is 2.18. The van der Waals surface area contributed by atoms with Crippen molar-refractivity contribution in [3.05, 3.63) is 11.4 Å². The number of rotatable bonds is 1. The lowest BCUT2D eigenvalue weighted by Gasteiger charge is -2.16. The Bertz CT molecular complexity index is 275. The Balaban J connectivity index is 2.08. The molecule has 0 aliphatic heterocycles. The zero-order valence-corrected chi connectivity index (χ0v) is 7.55. The van der Waals surface area contributed by atoms with Gasteiger partial charge in [-0.15, -0.1) is 0 Å². The van der Waals surface area contributed by atoms with Crippen LogP contribution in [0.3, 0.4) is 0 Å². The number of nitrogens with zero attached hydrogens (tertiary/aromatic N) is 2. The van der Waals surface area contributed by atoms with Gasteiger partial charge in [-0.1, -0.05) is 0 Å². The van der Waals surface area contributed by atoms with Crippen LogP contribution in [0, 0.1) is 18.4 Å². The minimum absolute atomic E-state index is 0.284. The van der Waals surface area contributed by atoms with E-state index < -0.39 is 0 Å². The van der Waals surface area contributed by atoms with Crippen molar-refractivity contribution in [3.8, 4) is 0 Å². The number of aliphatic imine (C=N–C) groups is 1. The SMILES string of the molecule is [C-]#[N+]C1CC2CC1CC2N=C=S. The van der Waals surface area contributed by atoms with Crippen LogP contribution in [0.25, 0.3) is 4.85 Å². The summed E-state index contributed by atoms with van der Waals surface area (Å²) in [6.45, 7) is 6.98. The van der Waals surface area contributed by atoms with E-state index in [1.807, 2.05) is 0 Å². The van der Waals surface area contributed by atoms with Crippen LogP contribution in [0.4, 0.5) is 0 Å². The van der Waals surface area contributed by atoms with Gasteiger partial charge in [0.05, 0.1) is 11.2 Å². The number of thiocarbonyl (C=S) groups is 1. The zero-order chi connectivity index (χ0) is 8.55. The molecule has 4 atom stereocenters. The van der Waals surface area contributed by atoms with Crippen molar-refractivity contribution in [2.45, 2.75) is 31.3 Å². The van der Waals surface area contributed by atoms with Gasteiger partial charge >= 0.3 is 0 Å². The van der Waals surface area contributed by atoms with E-state index in [0.717, 1.165) is 12.8 Å². The first kappa shape index (κ1) is 7.91. The smallest absolute Gasteiger partial charge is 0.226 e. The van der Waals surface area contributed by atoms with E-state index in [0.29, 0.717) is 17.9 Å². The Kier molecular flexibility index (Phi) is 1.96. The lowest BCUT2D eigenvalue weighted by atomic mass is 9.92. The number of hydrogen-bond donors (Lipinski definition) is 0. The normalized spacial score (nSPS) is 43.6. The number of hydrogen-bond acceptors (Lipinski definition) is 2. The highest BCUT2D eigenvalue weighted by Crippen LogP contribution is 2.47. The van der Waals surface area contributed by atoms with Crippen LogP contribution in [0.15, 0.2) is 4.99 Å². The van der Waals surface area contributed by atoms with Gasteiger partial charge < -0.3 is 4.85 Å². The van der Waals surface area contributed by atoms with E-state index in [-0.39, 0.29) is 6.04 Å². The molecule has 2 fully saturated rings. The fourth-order valence-corrected chi connectivity index (χ4v) is 2.73. The van der Waals surface area contributed by atoms with Gasteiger partial charge in [0.25, 0.3) is 0 Å². The van der Waals surface area contributed by atoms with Crippen LogP contribution < -0.4 is 0 Å². The first-order valence-corrected chi connectivity index (χ1v) is 4.69. The summed E-state index contributed by atoms with van der Waals surface area (Å²) in [6.07, 6.45) is 3.30. The molecule has 0 aromatic carbocycles. The molecule has 2 aliphatic carbocycles. The van der Waals surface area contributed by atoms with Gasteiger partial charge in [0.1, 0.15) is 0 Å². The maximum Gasteiger partial charge on any atom is 0.226 e. The number of isothiocyanates is 1. The summed E-state index contributed by atoms with van der Waals surface area (Å²) in [5, 5.41) is 2.46. The van der Waals surface area contributed by atoms with Gasteiger partial charge in [-0.25, -0.2) is 11.6 Å². The summed E-state index contributed by atoms with van der Waals surface area (Å²) in [5.74, 6) is 1.23. The van der Waals surface area contributed by atoms with Gasteiger partial charge in [0, 0.05) is 12.3 Å². The lowest BCUT2D eigenvalue weighted by Crippen LogP contribution is -2.21. The molecule has 12 heavy (non-hydrogen) atoms. The minimum atomic E-state index is 0.284.